The van der Waals surface area contributed by atoms with Gasteiger partial charge in [-0.2, -0.15) is 0 Å². The molecule has 1 aromatic carbocycles. The molecule has 154 valence electrons. The number of rotatable bonds is 4. The van der Waals surface area contributed by atoms with Crippen LogP contribution in [0.3, 0.4) is 0 Å². The molecular weight excluding hydrogens is 376 g/mol. The summed E-state index contributed by atoms with van der Waals surface area (Å²) in [5.41, 5.74) is 0.0605. The lowest BCUT2D eigenvalue weighted by molar-refractivity contribution is -0.143. The van der Waals surface area contributed by atoms with Crippen molar-refractivity contribution in [3.05, 3.63) is 35.9 Å². The number of urea groups is 1. The Kier molecular flexibility index (Phi) is 5.12. The highest BCUT2D eigenvalue weighted by molar-refractivity contribution is 6.07. The predicted molar refractivity (Wildman–Crippen MR) is 101 cm³/mol. The summed E-state index contributed by atoms with van der Waals surface area (Å²) in [7, 11) is 0. The number of imide groups is 1. The van der Waals surface area contributed by atoms with Crippen LogP contribution in [-0.2, 0) is 20.9 Å². The van der Waals surface area contributed by atoms with Crippen molar-refractivity contribution in [2.45, 2.75) is 43.9 Å². The van der Waals surface area contributed by atoms with Crippen LogP contribution < -0.4 is 16.0 Å². The molecule has 0 atom stereocenters. The third-order valence-electron chi connectivity index (χ3n) is 5.93. The number of nitrogens with one attached hydrogen (secondary N) is 3. The summed E-state index contributed by atoms with van der Waals surface area (Å²) in [5, 5.41) is 7.75. The number of carbonyl (C=O) groups excluding carboxylic acids is 4. The van der Waals surface area contributed by atoms with E-state index in [4.69, 9.17) is 4.74 Å². The highest BCUT2D eigenvalue weighted by Crippen LogP contribution is 2.35. The standard InChI is InChI=1S/C20H24N4O5/c25-16(14-6-8-20(9-7-14)17(26)22-18(27)23-20)24-10-15(11-24)21-19(28)29-12-13-4-2-1-3-5-13/h1-5,14-15H,6-12H2,(H,21,28)(H2,22,23,26,27). The molecule has 0 unspecified atom stereocenters. The lowest BCUT2D eigenvalue weighted by Gasteiger charge is -2.43. The lowest BCUT2D eigenvalue weighted by atomic mass is 9.75. The molecule has 29 heavy (non-hydrogen) atoms. The zero-order chi connectivity index (χ0) is 20.4. The number of carbonyl (C=O) groups is 4. The van der Waals surface area contributed by atoms with Crippen LogP contribution in [0.4, 0.5) is 9.59 Å². The van der Waals surface area contributed by atoms with E-state index in [1.54, 1.807) is 4.90 Å². The molecule has 9 nitrogen and oxygen atoms in total. The lowest BCUT2D eigenvalue weighted by Crippen LogP contribution is -2.62. The summed E-state index contributed by atoms with van der Waals surface area (Å²) in [6.45, 7) is 1.12. The number of benzene rings is 1. The van der Waals surface area contributed by atoms with Crippen molar-refractivity contribution in [2.75, 3.05) is 13.1 Å². The Morgan fingerprint density at radius 1 is 1.14 bits per heavy atom. The molecule has 0 aromatic heterocycles. The molecule has 2 aliphatic heterocycles. The molecule has 4 rings (SSSR count). The van der Waals surface area contributed by atoms with Crippen molar-refractivity contribution >= 4 is 23.9 Å². The number of ether oxygens (including phenoxy) is 1. The van der Waals surface area contributed by atoms with Gasteiger partial charge in [-0.05, 0) is 31.2 Å². The molecule has 1 spiro atoms. The highest BCUT2D eigenvalue weighted by atomic mass is 16.5. The van der Waals surface area contributed by atoms with E-state index in [1.165, 1.54) is 0 Å². The number of hydrogen-bond acceptors (Lipinski definition) is 5. The summed E-state index contributed by atoms with van der Waals surface area (Å²) in [6.07, 6.45) is 1.54. The van der Waals surface area contributed by atoms with Gasteiger partial charge in [0.25, 0.3) is 5.91 Å². The monoisotopic (exact) mass is 400 g/mol. The van der Waals surface area contributed by atoms with Gasteiger partial charge in [0.2, 0.25) is 5.91 Å². The van der Waals surface area contributed by atoms with E-state index in [0.29, 0.717) is 38.8 Å². The van der Waals surface area contributed by atoms with Crippen molar-refractivity contribution in [2.24, 2.45) is 5.92 Å². The van der Waals surface area contributed by atoms with Gasteiger partial charge in [0.1, 0.15) is 12.1 Å². The van der Waals surface area contributed by atoms with Gasteiger partial charge in [0.05, 0.1) is 6.04 Å². The Morgan fingerprint density at radius 2 is 1.83 bits per heavy atom. The third kappa shape index (κ3) is 4.03. The van der Waals surface area contributed by atoms with Gasteiger partial charge < -0.3 is 20.3 Å². The Bertz CT molecular complexity index is 813. The minimum atomic E-state index is -0.852. The molecule has 3 N–H and O–H groups in total. The second kappa shape index (κ2) is 7.73. The van der Waals surface area contributed by atoms with Crippen molar-refractivity contribution in [3.8, 4) is 0 Å². The molecule has 2 saturated heterocycles. The molecule has 0 radical (unpaired) electrons. The maximum absolute atomic E-state index is 12.7. The van der Waals surface area contributed by atoms with Gasteiger partial charge in [0.15, 0.2) is 0 Å². The molecule has 1 saturated carbocycles. The Labute approximate surface area is 168 Å². The summed E-state index contributed by atoms with van der Waals surface area (Å²) in [6, 6.07) is 8.84. The van der Waals surface area contributed by atoms with Gasteiger partial charge in [-0.25, -0.2) is 9.59 Å². The first kappa shape index (κ1) is 19.2. The molecule has 5 amide bonds. The van der Waals surface area contributed by atoms with E-state index >= 15 is 0 Å². The molecule has 3 fully saturated rings. The molecule has 3 aliphatic rings. The third-order valence-corrected chi connectivity index (χ3v) is 5.93. The fourth-order valence-corrected chi connectivity index (χ4v) is 4.18. The average molecular weight is 400 g/mol. The number of alkyl carbamates (subject to hydrolysis) is 1. The van der Waals surface area contributed by atoms with E-state index in [-0.39, 0.29) is 30.4 Å². The predicted octanol–water partition coefficient (Wildman–Crippen LogP) is 0.892. The Morgan fingerprint density at radius 3 is 2.45 bits per heavy atom. The summed E-state index contributed by atoms with van der Waals surface area (Å²) >= 11 is 0. The van der Waals surface area contributed by atoms with E-state index < -0.39 is 17.7 Å². The van der Waals surface area contributed by atoms with Crippen LogP contribution >= 0.6 is 0 Å². The largest absolute Gasteiger partial charge is 0.445 e. The van der Waals surface area contributed by atoms with E-state index in [9.17, 15) is 19.2 Å². The Balaban J connectivity index is 1.17. The van der Waals surface area contributed by atoms with E-state index in [0.717, 1.165) is 5.56 Å². The van der Waals surface area contributed by atoms with Crippen molar-refractivity contribution in [3.63, 3.8) is 0 Å². The molecule has 2 heterocycles. The summed E-state index contributed by atoms with van der Waals surface area (Å²) in [5.74, 6) is -0.409. The SMILES string of the molecule is O=C1NC(=O)C2(CCC(C(=O)N3CC(NC(=O)OCc4ccccc4)C3)CC2)N1. The van der Waals surface area contributed by atoms with Crippen molar-refractivity contribution in [1.82, 2.24) is 20.9 Å². The van der Waals surface area contributed by atoms with Crippen LogP contribution in [0.25, 0.3) is 0 Å². The van der Waals surface area contributed by atoms with Gasteiger partial charge in [-0.1, -0.05) is 30.3 Å². The number of nitrogens with zero attached hydrogens (tertiary/aromatic N) is 1. The minimum absolute atomic E-state index is 0.0419. The highest BCUT2D eigenvalue weighted by Gasteiger charge is 2.49. The smallest absolute Gasteiger partial charge is 0.407 e. The van der Waals surface area contributed by atoms with Gasteiger partial charge in [-0.15, -0.1) is 0 Å². The summed E-state index contributed by atoms with van der Waals surface area (Å²) in [4.78, 5) is 49.7. The molecule has 9 heteroatoms. The number of amides is 5. The minimum Gasteiger partial charge on any atom is -0.445 e. The fraction of sp³-hybridized carbons (Fsp3) is 0.500. The first-order chi connectivity index (χ1) is 13.9. The van der Waals surface area contributed by atoms with Crippen LogP contribution in [0, 0.1) is 5.92 Å². The number of hydrogen-bond donors (Lipinski definition) is 3. The maximum Gasteiger partial charge on any atom is 0.407 e. The molecular formula is C20H24N4O5. The van der Waals surface area contributed by atoms with Gasteiger partial charge in [-0.3, -0.25) is 14.9 Å². The zero-order valence-electron chi connectivity index (χ0n) is 16.0. The molecule has 0 bridgehead atoms. The second-order valence-corrected chi connectivity index (χ2v) is 7.91. The van der Waals surface area contributed by atoms with Crippen LogP contribution in [0.1, 0.15) is 31.2 Å². The van der Waals surface area contributed by atoms with Crippen LogP contribution in [0.15, 0.2) is 30.3 Å². The quantitative estimate of drug-likeness (QED) is 0.649. The average Bonchev–Trinajstić information content (AvgIpc) is 2.96. The van der Waals surface area contributed by atoms with Gasteiger partial charge in [0, 0.05) is 19.0 Å². The van der Waals surface area contributed by atoms with Gasteiger partial charge >= 0.3 is 12.1 Å². The van der Waals surface area contributed by atoms with E-state index in [2.05, 4.69) is 16.0 Å². The normalized spacial score (nSPS) is 26.5. The maximum atomic E-state index is 12.7. The van der Waals surface area contributed by atoms with E-state index in [1.807, 2.05) is 30.3 Å². The van der Waals surface area contributed by atoms with Crippen LogP contribution in [0.5, 0.6) is 0 Å². The second-order valence-electron chi connectivity index (χ2n) is 7.91. The topological polar surface area (TPSA) is 117 Å². The molecule has 1 aliphatic carbocycles. The van der Waals surface area contributed by atoms with Crippen molar-refractivity contribution in [1.29, 1.82) is 0 Å². The Hall–Kier alpha value is -3.10. The van der Waals surface area contributed by atoms with Crippen LogP contribution in [-0.4, -0.2) is 53.5 Å². The zero-order valence-corrected chi connectivity index (χ0v) is 16.0. The van der Waals surface area contributed by atoms with Crippen LogP contribution in [0.2, 0.25) is 0 Å². The molecule has 1 aromatic rings. The first-order valence-electron chi connectivity index (χ1n) is 9.85. The summed E-state index contributed by atoms with van der Waals surface area (Å²) < 4.78 is 5.19. The van der Waals surface area contributed by atoms with Crippen molar-refractivity contribution < 1.29 is 23.9 Å². The first-order valence-corrected chi connectivity index (χ1v) is 9.85. The fourth-order valence-electron chi connectivity index (χ4n) is 4.18. The number of likely N-dealkylation sites (tertiary alicyclic amines) is 1.